The van der Waals surface area contributed by atoms with Crippen molar-refractivity contribution in [2.24, 2.45) is 0 Å². The first-order valence-corrected chi connectivity index (χ1v) is 11.5. The number of hydrogen-bond acceptors (Lipinski definition) is 7. The topological polar surface area (TPSA) is 113 Å². The minimum Gasteiger partial charge on any atom is -0.378 e. The van der Waals surface area contributed by atoms with Gasteiger partial charge in [0.2, 0.25) is 5.56 Å². The number of benzene rings is 1. The molecule has 4 heterocycles. The summed E-state index contributed by atoms with van der Waals surface area (Å²) in [5, 5.41) is 8.00. The van der Waals surface area contributed by atoms with E-state index in [1.165, 1.54) is 0 Å². The van der Waals surface area contributed by atoms with Crippen molar-refractivity contribution in [1.82, 2.24) is 15.1 Å². The maximum Gasteiger partial charge on any atom is 0.259 e. The van der Waals surface area contributed by atoms with Crippen molar-refractivity contribution >= 4 is 28.3 Å². The molecule has 1 aliphatic heterocycles. The number of morpholine rings is 1. The van der Waals surface area contributed by atoms with Gasteiger partial charge in [-0.2, -0.15) is 0 Å². The van der Waals surface area contributed by atoms with E-state index in [4.69, 9.17) is 14.2 Å². The van der Waals surface area contributed by atoms with Gasteiger partial charge in [0.15, 0.2) is 0 Å². The highest BCUT2D eigenvalue weighted by Crippen LogP contribution is 2.31. The smallest absolute Gasteiger partial charge is 0.259 e. The van der Waals surface area contributed by atoms with Crippen LogP contribution in [0.15, 0.2) is 39.8 Å². The lowest BCUT2D eigenvalue weighted by molar-refractivity contribution is 0.102. The zero-order valence-corrected chi connectivity index (χ0v) is 20.2. The summed E-state index contributed by atoms with van der Waals surface area (Å²) in [5.41, 5.74) is 5.75. The molecule has 1 fully saturated rings. The maximum atomic E-state index is 13.7. The minimum atomic E-state index is -0.267. The highest BCUT2D eigenvalue weighted by atomic mass is 16.5. The lowest BCUT2D eigenvalue weighted by Crippen LogP contribution is -2.38. The summed E-state index contributed by atoms with van der Waals surface area (Å²) in [6, 6.07) is 7.17. The Morgan fingerprint density at radius 2 is 1.83 bits per heavy atom. The predicted molar refractivity (Wildman–Crippen MR) is 134 cm³/mol. The highest BCUT2D eigenvalue weighted by Gasteiger charge is 2.23. The molecule has 0 unspecified atom stereocenters. The standard InChI is InChI=1S/C26H27N5O4/c1-14-10-23(32)28-22-9-15(2)21(12-19(14)22)29-26(33)20-11-18(24-16(3)30-35-17(24)4)13-27-25(20)31-5-7-34-8-6-31/h9-13H,5-8H2,1-4H3,(H,28,32)(H,29,33). The number of rotatable bonds is 4. The number of carbonyl (C=O) groups is 1. The number of nitrogens with zero attached hydrogens (tertiary/aromatic N) is 3. The van der Waals surface area contributed by atoms with E-state index >= 15 is 0 Å². The molecule has 1 amide bonds. The van der Waals surface area contributed by atoms with E-state index in [0.717, 1.165) is 38.9 Å². The number of aryl methyl sites for hydroxylation is 4. The van der Waals surface area contributed by atoms with E-state index in [-0.39, 0.29) is 11.5 Å². The Hall–Kier alpha value is -3.98. The molecule has 0 saturated carbocycles. The molecular weight excluding hydrogens is 446 g/mol. The highest BCUT2D eigenvalue weighted by molar-refractivity contribution is 6.09. The molecule has 0 atom stereocenters. The van der Waals surface area contributed by atoms with Crippen LogP contribution in [-0.2, 0) is 4.74 Å². The van der Waals surface area contributed by atoms with E-state index in [2.05, 4.69) is 20.4 Å². The Morgan fingerprint density at radius 3 is 2.54 bits per heavy atom. The first-order chi connectivity index (χ1) is 16.8. The fraction of sp³-hybridized carbons (Fsp3) is 0.308. The minimum absolute atomic E-state index is 0.149. The van der Waals surface area contributed by atoms with E-state index in [1.54, 1.807) is 12.3 Å². The van der Waals surface area contributed by atoms with Crippen LogP contribution in [0.3, 0.4) is 0 Å². The zero-order chi connectivity index (χ0) is 24.7. The molecule has 5 rings (SSSR count). The van der Waals surface area contributed by atoms with Gasteiger partial charge in [0.25, 0.3) is 5.91 Å². The summed E-state index contributed by atoms with van der Waals surface area (Å²) < 4.78 is 10.8. The average molecular weight is 474 g/mol. The normalized spacial score (nSPS) is 13.9. The molecule has 35 heavy (non-hydrogen) atoms. The van der Waals surface area contributed by atoms with Crippen LogP contribution >= 0.6 is 0 Å². The number of anilines is 2. The SMILES string of the molecule is Cc1cc2[nH]c(=O)cc(C)c2cc1NC(=O)c1cc(-c2c(C)noc2C)cnc1N1CCOCC1. The van der Waals surface area contributed by atoms with Gasteiger partial charge < -0.3 is 24.5 Å². The number of H-pyrrole nitrogens is 1. The number of fused-ring (bicyclic) bond motifs is 1. The van der Waals surface area contributed by atoms with Crippen LogP contribution < -0.4 is 15.8 Å². The molecule has 0 aliphatic carbocycles. The number of ether oxygens (including phenoxy) is 1. The molecule has 1 aliphatic rings. The zero-order valence-electron chi connectivity index (χ0n) is 20.2. The van der Waals surface area contributed by atoms with Gasteiger partial charge in [0.05, 0.1) is 24.5 Å². The maximum absolute atomic E-state index is 13.7. The molecule has 0 radical (unpaired) electrons. The third-order valence-corrected chi connectivity index (χ3v) is 6.39. The Morgan fingerprint density at radius 1 is 1.06 bits per heavy atom. The summed E-state index contributed by atoms with van der Waals surface area (Å²) in [6.45, 7) is 9.95. The molecule has 0 bridgehead atoms. The largest absolute Gasteiger partial charge is 0.378 e. The van der Waals surface area contributed by atoms with Gasteiger partial charge >= 0.3 is 0 Å². The number of amides is 1. The molecule has 3 aromatic heterocycles. The molecule has 1 aromatic carbocycles. The fourth-order valence-corrected chi connectivity index (χ4v) is 4.59. The van der Waals surface area contributed by atoms with E-state index in [9.17, 15) is 9.59 Å². The molecule has 2 N–H and O–H groups in total. The van der Waals surface area contributed by atoms with Crippen LogP contribution in [-0.4, -0.2) is 47.3 Å². The Kier molecular flexibility index (Phi) is 5.86. The van der Waals surface area contributed by atoms with Crippen LogP contribution in [0.4, 0.5) is 11.5 Å². The first-order valence-electron chi connectivity index (χ1n) is 11.5. The summed E-state index contributed by atoms with van der Waals surface area (Å²) in [6.07, 6.45) is 1.76. The number of pyridine rings is 2. The summed E-state index contributed by atoms with van der Waals surface area (Å²) in [5.74, 6) is 1.02. The third kappa shape index (κ3) is 4.30. The first kappa shape index (κ1) is 22.8. The van der Waals surface area contributed by atoms with E-state index < -0.39 is 0 Å². The molecule has 0 spiro atoms. The van der Waals surface area contributed by atoms with Crippen molar-refractivity contribution in [1.29, 1.82) is 0 Å². The molecule has 180 valence electrons. The molecule has 9 nitrogen and oxygen atoms in total. The van der Waals surface area contributed by atoms with Crippen LogP contribution in [0.1, 0.15) is 32.9 Å². The summed E-state index contributed by atoms with van der Waals surface area (Å²) in [7, 11) is 0. The van der Waals surface area contributed by atoms with Gasteiger partial charge in [-0.1, -0.05) is 5.16 Å². The van der Waals surface area contributed by atoms with Crippen LogP contribution in [0, 0.1) is 27.7 Å². The van der Waals surface area contributed by atoms with Gasteiger partial charge in [0.1, 0.15) is 11.6 Å². The van der Waals surface area contributed by atoms with Crippen LogP contribution in [0.5, 0.6) is 0 Å². The molecule has 9 heteroatoms. The number of carbonyl (C=O) groups excluding carboxylic acids is 1. The second-order valence-electron chi connectivity index (χ2n) is 8.88. The van der Waals surface area contributed by atoms with Crippen molar-refractivity contribution in [2.45, 2.75) is 27.7 Å². The summed E-state index contributed by atoms with van der Waals surface area (Å²) in [4.78, 5) is 35.2. The van der Waals surface area contributed by atoms with Gasteiger partial charge in [-0.3, -0.25) is 9.59 Å². The Balaban J connectivity index is 1.58. The van der Waals surface area contributed by atoms with Crippen LogP contribution in [0.25, 0.3) is 22.0 Å². The molecule has 1 saturated heterocycles. The van der Waals surface area contributed by atoms with Crippen molar-refractivity contribution in [3.05, 3.63) is 69.0 Å². The van der Waals surface area contributed by atoms with Gasteiger partial charge in [0, 0.05) is 53.1 Å². The lowest BCUT2D eigenvalue weighted by atomic mass is 10.0. The second kappa shape index (κ2) is 8.99. The van der Waals surface area contributed by atoms with Crippen molar-refractivity contribution in [3.8, 4) is 11.1 Å². The van der Waals surface area contributed by atoms with E-state index in [1.807, 2.05) is 45.9 Å². The van der Waals surface area contributed by atoms with Gasteiger partial charge in [-0.05, 0) is 57.0 Å². The number of aromatic amines is 1. The number of nitrogens with one attached hydrogen (secondary N) is 2. The number of hydrogen-bond donors (Lipinski definition) is 2. The third-order valence-electron chi connectivity index (χ3n) is 6.39. The van der Waals surface area contributed by atoms with Gasteiger partial charge in [-0.25, -0.2) is 4.98 Å². The van der Waals surface area contributed by atoms with Crippen molar-refractivity contribution < 1.29 is 14.1 Å². The van der Waals surface area contributed by atoms with E-state index in [0.29, 0.717) is 49.1 Å². The second-order valence-corrected chi connectivity index (χ2v) is 8.88. The monoisotopic (exact) mass is 473 g/mol. The lowest BCUT2D eigenvalue weighted by Gasteiger charge is -2.29. The average Bonchev–Trinajstić information content (AvgIpc) is 3.17. The van der Waals surface area contributed by atoms with Crippen LogP contribution in [0.2, 0.25) is 0 Å². The summed E-state index contributed by atoms with van der Waals surface area (Å²) >= 11 is 0. The number of aromatic nitrogens is 3. The fourth-order valence-electron chi connectivity index (χ4n) is 4.59. The Labute approximate surface area is 202 Å². The van der Waals surface area contributed by atoms with Crippen molar-refractivity contribution in [3.63, 3.8) is 0 Å². The quantitative estimate of drug-likeness (QED) is 0.462. The Bertz CT molecular complexity index is 1480. The molecule has 4 aromatic rings. The molecular formula is C26H27N5O4. The predicted octanol–water partition coefficient (Wildman–Crippen LogP) is 3.90. The van der Waals surface area contributed by atoms with Gasteiger partial charge in [-0.15, -0.1) is 0 Å². The van der Waals surface area contributed by atoms with Crippen molar-refractivity contribution in [2.75, 3.05) is 36.5 Å².